The maximum absolute atomic E-state index is 6.00. The second kappa shape index (κ2) is 8.10. The molecule has 0 amide bonds. The van der Waals surface area contributed by atoms with E-state index in [1.165, 1.54) is 0 Å². The van der Waals surface area contributed by atoms with Crippen molar-refractivity contribution in [3.8, 4) is 17.2 Å². The summed E-state index contributed by atoms with van der Waals surface area (Å²) >= 11 is 0. The summed E-state index contributed by atoms with van der Waals surface area (Å²) in [6.45, 7) is 2.88. The van der Waals surface area contributed by atoms with E-state index in [0.717, 1.165) is 53.0 Å². The van der Waals surface area contributed by atoms with Crippen molar-refractivity contribution in [3.63, 3.8) is 0 Å². The Kier molecular flexibility index (Phi) is 5.00. The normalized spacial score (nSPS) is 15.4. The van der Waals surface area contributed by atoms with Gasteiger partial charge in [0, 0.05) is 49.1 Å². The Hall–Kier alpha value is -3.87. The van der Waals surface area contributed by atoms with Crippen molar-refractivity contribution >= 4 is 11.5 Å². The SMILES string of the molecule is Cc1ncc2c(n1)N(C)CCC2Nc1ccc(Oc2ccc(-n3ccnc3)cc2)cc1. The molecule has 0 saturated carbocycles. The minimum absolute atomic E-state index is 0.189. The van der Waals surface area contributed by atoms with E-state index in [1.54, 1.807) is 12.5 Å². The Morgan fingerprint density at radius 2 is 1.77 bits per heavy atom. The van der Waals surface area contributed by atoms with Crippen molar-refractivity contribution in [1.82, 2.24) is 19.5 Å². The molecule has 156 valence electrons. The largest absolute Gasteiger partial charge is 0.457 e. The van der Waals surface area contributed by atoms with E-state index in [1.807, 2.05) is 72.4 Å². The summed E-state index contributed by atoms with van der Waals surface area (Å²) in [6, 6.07) is 16.2. The van der Waals surface area contributed by atoms with E-state index in [-0.39, 0.29) is 6.04 Å². The van der Waals surface area contributed by atoms with Crippen LogP contribution in [0.2, 0.25) is 0 Å². The van der Waals surface area contributed by atoms with Crippen LogP contribution in [-0.2, 0) is 0 Å². The summed E-state index contributed by atoms with van der Waals surface area (Å²) < 4.78 is 7.96. The maximum atomic E-state index is 6.00. The van der Waals surface area contributed by atoms with Crippen LogP contribution in [0.5, 0.6) is 11.5 Å². The lowest BCUT2D eigenvalue weighted by molar-refractivity contribution is 0.482. The van der Waals surface area contributed by atoms with E-state index < -0.39 is 0 Å². The Balaban J connectivity index is 1.26. The zero-order valence-electron chi connectivity index (χ0n) is 17.6. The zero-order chi connectivity index (χ0) is 21.2. The summed E-state index contributed by atoms with van der Waals surface area (Å²) in [4.78, 5) is 15.3. The highest BCUT2D eigenvalue weighted by molar-refractivity contribution is 5.55. The molecule has 7 nitrogen and oxygen atoms in total. The average molecular weight is 412 g/mol. The molecule has 0 saturated heterocycles. The predicted octanol–water partition coefficient (Wildman–Crippen LogP) is 4.76. The monoisotopic (exact) mass is 412 g/mol. The number of imidazole rings is 1. The Labute approximate surface area is 181 Å². The fourth-order valence-corrected chi connectivity index (χ4v) is 3.81. The average Bonchev–Trinajstić information content (AvgIpc) is 3.33. The molecule has 0 aliphatic carbocycles. The van der Waals surface area contributed by atoms with Crippen molar-refractivity contribution in [2.24, 2.45) is 0 Å². The summed E-state index contributed by atoms with van der Waals surface area (Å²) in [5.41, 5.74) is 3.23. The van der Waals surface area contributed by atoms with Crippen molar-refractivity contribution in [3.05, 3.63) is 84.8 Å². The predicted molar refractivity (Wildman–Crippen MR) is 121 cm³/mol. The number of nitrogens with zero attached hydrogens (tertiary/aromatic N) is 5. The lowest BCUT2D eigenvalue weighted by atomic mass is 10.0. The van der Waals surface area contributed by atoms with Crippen molar-refractivity contribution in [1.29, 1.82) is 0 Å². The molecular weight excluding hydrogens is 388 g/mol. The standard InChI is InChI=1S/C24H24N6O/c1-17-26-15-22-23(11-13-29(2)24(22)27-17)28-18-3-7-20(8-4-18)31-21-9-5-19(6-10-21)30-14-12-25-16-30/h3-10,12,14-16,23,28H,11,13H2,1-2H3. The van der Waals surface area contributed by atoms with Gasteiger partial charge in [-0.05, 0) is 61.9 Å². The molecule has 1 N–H and O–H groups in total. The van der Waals surface area contributed by atoms with Crippen molar-refractivity contribution in [2.75, 3.05) is 23.8 Å². The summed E-state index contributed by atoms with van der Waals surface area (Å²) in [5, 5.41) is 3.62. The second-order valence-electron chi connectivity index (χ2n) is 7.69. The molecule has 0 spiro atoms. The summed E-state index contributed by atoms with van der Waals surface area (Å²) in [7, 11) is 2.08. The first-order chi connectivity index (χ1) is 15.2. The number of ether oxygens (including phenoxy) is 1. The highest BCUT2D eigenvalue weighted by Gasteiger charge is 2.25. The molecule has 3 heterocycles. The maximum Gasteiger partial charge on any atom is 0.137 e. The van der Waals surface area contributed by atoms with Gasteiger partial charge in [0.05, 0.1) is 12.4 Å². The molecule has 2 aromatic carbocycles. The lowest BCUT2D eigenvalue weighted by Crippen LogP contribution is -2.31. The minimum Gasteiger partial charge on any atom is -0.457 e. The van der Waals surface area contributed by atoms with Gasteiger partial charge in [0.25, 0.3) is 0 Å². The highest BCUT2D eigenvalue weighted by Crippen LogP contribution is 2.34. The van der Waals surface area contributed by atoms with Gasteiger partial charge in [-0.25, -0.2) is 15.0 Å². The van der Waals surface area contributed by atoms with Crippen LogP contribution in [0.15, 0.2) is 73.4 Å². The Morgan fingerprint density at radius 1 is 1.03 bits per heavy atom. The lowest BCUT2D eigenvalue weighted by Gasteiger charge is -2.32. The molecule has 31 heavy (non-hydrogen) atoms. The van der Waals surface area contributed by atoms with Crippen LogP contribution in [-0.4, -0.2) is 33.1 Å². The number of hydrogen-bond donors (Lipinski definition) is 1. The number of hydrogen-bond acceptors (Lipinski definition) is 6. The number of benzene rings is 2. The number of anilines is 2. The van der Waals surface area contributed by atoms with Gasteiger partial charge in [0.2, 0.25) is 0 Å². The molecule has 1 aliphatic rings. The summed E-state index contributed by atoms with van der Waals surface area (Å²) in [6.07, 6.45) is 8.39. The number of fused-ring (bicyclic) bond motifs is 1. The van der Waals surface area contributed by atoms with Gasteiger partial charge in [0.15, 0.2) is 0 Å². The molecule has 4 aromatic rings. The van der Waals surface area contributed by atoms with E-state index in [0.29, 0.717) is 0 Å². The molecule has 5 rings (SSSR count). The van der Waals surface area contributed by atoms with Crippen LogP contribution in [0.25, 0.3) is 5.69 Å². The highest BCUT2D eigenvalue weighted by atomic mass is 16.5. The molecular formula is C24H24N6O. The summed E-state index contributed by atoms with van der Waals surface area (Å²) in [5.74, 6) is 3.39. The van der Waals surface area contributed by atoms with Crippen molar-refractivity contribution < 1.29 is 4.74 Å². The van der Waals surface area contributed by atoms with E-state index in [9.17, 15) is 0 Å². The van der Waals surface area contributed by atoms with Gasteiger partial charge in [-0.15, -0.1) is 0 Å². The van der Waals surface area contributed by atoms with Crippen LogP contribution >= 0.6 is 0 Å². The molecule has 1 aliphatic heterocycles. The Bertz CT molecular complexity index is 1160. The van der Waals surface area contributed by atoms with E-state index in [4.69, 9.17) is 4.74 Å². The number of aryl methyl sites for hydroxylation is 1. The Morgan fingerprint density at radius 3 is 2.48 bits per heavy atom. The zero-order valence-corrected chi connectivity index (χ0v) is 17.6. The number of rotatable bonds is 5. The van der Waals surface area contributed by atoms with Crippen LogP contribution in [0.4, 0.5) is 11.5 Å². The van der Waals surface area contributed by atoms with E-state index >= 15 is 0 Å². The molecule has 1 unspecified atom stereocenters. The molecule has 0 radical (unpaired) electrons. The van der Waals surface area contributed by atoms with Gasteiger partial charge in [0.1, 0.15) is 23.1 Å². The fourth-order valence-electron chi connectivity index (χ4n) is 3.81. The third-order valence-electron chi connectivity index (χ3n) is 5.48. The fraction of sp³-hybridized carbons (Fsp3) is 0.208. The smallest absolute Gasteiger partial charge is 0.137 e. The van der Waals surface area contributed by atoms with Crippen LogP contribution < -0.4 is 15.0 Å². The third-order valence-corrected chi connectivity index (χ3v) is 5.48. The van der Waals surface area contributed by atoms with Gasteiger partial charge in [-0.1, -0.05) is 0 Å². The minimum atomic E-state index is 0.189. The third kappa shape index (κ3) is 4.07. The van der Waals surface area contributed by atoms with Gasteiger partial charge in [-0.2, -0.15) is 0 Å². The number of aromatic nitrogens is 4. The first-order valence-electron chi connectivity index (χ1n) is 10.3. The quantitative estimate of drug-likeness (QED) is 0.510. The van der Waals surface area contributed by atoms with Crippen LogP contribution in [0.3, 0.4) is 0 Å². The van der Waals surface area contributed by atoms with Crippen LogP contribution in [0.1, 0.15) is 23.9 Å². The molecule has 1 atom stereocenters. The van der Waals surface area contributed by atoms with Gasteiger partial charge < -0.3 is 19.5 Å². The first kappa shape index (κ1) is 19.1. The number of nitrogens with one attached hydrogen (secondary N) is 1. The molecule has 7 heteroatoms. The first-order valence-corrected chi connectivity index (χ1v) is 10.3. The van der Waals surface area contributed by atoms with E-state index in [2.05, 4.69) is 32.2 Å². The molecule has 0 fully saturated rings. The molecule has 0 bridgehead atoms. The molecule has 2 aromatic heterocycles. The van der Waals surface area contributed by atoms with Gasteiger partial charge in [-0.3, -0.25) is 0 Å². The topological polar surface area (TPSA) is 68.1 Å². The van der Waals surface area contributed by atoms with Crippen LogP contribution in [0, 0.1) is 6.92 Å². The van der Waals surface area contributed by atoms with Gasteiger partial charge >= 0.3 is 0 Å². The van der Waals surface area contributed by atoms with Crippen molar-refractivity contribution in [2.45, 2.75) is 19.4 Å². The second-order valence-corrected chi connectivity index (χ2v) is 7.69.